The third-order valence-electron chi connectivity index (χ3n) is 0.763. The van der Waals surface area contributed by atoms with Gasteiger partial charge in [0.1, 0.15) is 0 Å². The summed E-state index contributed by atoms with van der Waals surface area (Å²) in [4.78, 5) is 2.03. The van der Waals surface area contributed by atoms with Crippen LogP contribution in [0.3, 0.4) is 0 Å². The Bertz CT molecular complexity index is 58.6. The van der Waals surface area contributed by atoms with Gasteiger partial charge in [-0.1, -0.05) is 6.58 Å². The number of rotatable bonds is 1. The predicted molar refractivity (Wildman–Crippen MR) is 32.8 cm³/mol. The fourth-order valence-corrected chi connectivity index (χ4v) is 0. The second-order valence-corrected chi connectivity index (χ2v) is 2.78. The van der Waals surface area contributed by atoms with E-state index in [4.69, 9.17) is 0 Å². The fraction of sp³-hybridized carbons (Fsp3) is 0.500. The minimum absolute atomic E-state index is 1.08. The van der Waals surface area contributed by atoms with Crippen molar-refractivity contribution in [1.82, 2.24) is 4.90 Å². The van der Waals surface area contributed by atoms with Gasteiger partial charge in [-0.2, -0.15) is 0 Å². The summed E-state index contributed by atoms with van der Waals surface area (Å²) in [5, 5.41) is 1.23. The first-order chi connectivity index (χ1) is 2.64. The van der Waals surface area contributed by atoms with Crippen LogP contribution in [0.1, 0.15) is 0 Å². The van der Waals surface area contributed by atoms with E-state index in [1.807, 2.05) is 19.0 Å². The molecule has 0 aromatic carbocycles. The molecule has 0 fully saturated rings. The number of nitrogens with zero attached hydrogens (tertiary/aromatic N) is 1. The van der Waals surface area contributed by atoms with Crippen molar-refractivity contribution in [2.75, 3.05) is 14.1 Å². The summed E-state index contributed by atoms with van der Waals surface area (Å²) in [7, 11) is 5.10. The molecule has 0 amide bonds. The minimum Gasteiger partial charge on any atom is -0.386 e. The van der Waals surface area contributed by atoms with Gasteiger partial charge in [0.15, 0.2) is 0 Å². The molecule has 2 heteroatoms. The Balaban J connectivity index is 3.26. The summed E-state index contributed by atoms with van der Waals surface area (Å²) < 4.78 is 0. The van der Waals surface area contributed by atoms with Gasteiger partial charge >= 0.3 is 0 Å². The van der Waals surface area contributed by atoms with Crippen LogP contribution in [0.2, 0.25) is 0 Å². The van der Waals surface area contributed by atoms with E-state index in [2.05, 4.69) is 6.58 Å². The Morgan fingerprint density at radius 1 is 1.67 bits per heavy atom. The first-order valence-electron chi connectivity index (χ1n) is 1.97. The molecule has 0 atom stereocenters. The molecule has 0 spiro atoms. The topological polar surface area (TPSA) is 3.24 Å². The van der Waals surface area contributed by atoms with E-state index in [0.29, 0.717) is 0 Å². The summed E-state index contributed by atoms with van der Waals surface area (Å²) >= 11 is 0. The molecule has 6 heavy (non-hydrogen) atoms. The van der Waals surface area contributed by atoms with Crippen molar-refractivity contribution in [2.24, 2.45) is 0 Å². The fourth-order valence-electron chi connectivity index (χ4n) is 0. The van der Waals surface area contributed by atoms with Crippen molar-refractivity contribution >= 4 is 10.2 Å². The van der Waals surface area contributed by atoms with Crippen LogP contribution in [0, 0.1) is 0 Å². The summed E-state index contributed by atoms with van der Waals surface area (Å²) in [6.07, 6.45) is 0. The average molecular weight is 101 g/mol. The molecule has 0 aliphatic heterocycles. The molecule has 0 aromatic rings. The van der Waals surface area contributed by atoms with E-state index in [-0.39, 0.29) is 0 Å². The second kappa shape index (κ2) is 2.03. The van der Waals surface area contributed by atoms with Crippen molar-refractivity contribution in [1.29, 1.82) is 0 Å². The summed E-state index contributed by atoms with van der Waals surface area (Å²) in [5.74, 6) is 0. The molecule has 0 heterocycles. The molecule has 0 rings (SSSR count). The van der Waals surface area contributed by atoms with Crippen molar-refractivity contribution in [3.8, 4) is 0 Å². The zero-order valence-corrected chi connectivity index (χ0v) is 6.65. The quantitative estimate of drug-likeness (QED) is 0.398. The molecule has 0 aromatic heterocycles. The Morgan fingerprint density at radius 2 is 1.83 bits per heavy atom. The van der Waals surface area contributed by atoms with Crippen molar-refractivity contribution in [2.45, 2.75) is 0 Å². The van der Waals surface area contributed by atoms with Gasteiger partial charge in [0.2, 0.25) is 0 Å². The third-order valence-corrected chi connectivity index (χ3v) is 1.66. The molecule has 0 bridgehead atoms. The first-order valence-corrected chi connectivity index (χ1v) is 2.97. The highest BCUT2D eigenvalue weighted by Gasteiger charge is 1.79. The lowest BCUT2D eigenvalue weighted by atomic mass is 10.8. The molecule has 0 aliphatic rings. The standard InChI is InChI=1S/C4H11NSi/c1-4(6)5(2)3/h1H2,2-3,6H3. The molecule has 0 aliphatic carbocycles. The number of hydrogen-bond acceptors (Lipinski definition) is 1. The largest absolute Gasteiger partial charge is 0.386 e. The average Bonchev–Trinajstić information content (AvgIpc) is 1.36. The normalized spacial score (nSPS) is 8.33. The smallest absolute Gasteiger partial charge is 0.0582 e. The predicted octanol–water partition coefficient (Wildman–Crippen LogP) is -0.615. The molecular formula is C4H11NSi. The van der Waals surface area contributed by atoms with Crippen LogP contribution in [0.15, 0.2) is 11.9 Å². The van der Waals surface area contributed by atoms with Crippen LogP contribution in [0.5, 0.6) is 0 Å². The Morgan fingerprint density at radius 3 is 1.83 bits per heavy atom. The van der Waals surface area contributed by atoms with E-state index in [0.717, 1.165) is 10.2 Å². The molecule has 0 saturated heterocycles. The van der Waals surface area contributed by atoms with Crippen LogP contribution in [0.25, 0.3) is 0 Å². The number of hydrogen-bond donors (Lipinski definition) is 0. The maximum Gasteiger partial charge on any atom is 0.0582 e. The third kappa shape index (κ3) is 2.02. The Labute approximate surface area is 42.1 Å². The van der Waals surface area contributed by atoms with Gasteiger partial charge in [0, 0.05) is 14.1 Å². The first kappa shape index (κ1) is 5.76. The zero-order valence-electron chi connectivity index (χ0n) is 4.65. The molecule has 0 N–H and O–H groups in total. The Kier molecular flexibility index (Phi) is 1.94. The molecule has 0 radical (unpaired) electrons. The molecule has 1 nitrogen and oxygen atoms in total. The van der Waals surface area contributed by atoms with Crippen molar-refractivity contribution in [3.63, 3.8) is 0 Å². The zero-order chi connectivity index (χ0) is 5.15. The van der Waals surface area contributed by atoms with E-state index in [9.17, 15) is 0 Å². The molecule has 36 valence electrons. The highest BCUT2D eigenvalue weighted by molar-refractivity contribution is 6.20. The molecule has 0 unspecified atom stereocenters. The van der Waals surface area contributed by atoms with Crippen LogP contribution in [-0.4, -0.2) is 29.2 Å². The van der Waals surface area contributed by atoms with E-state index < -0.39 is 0 Å². The van der Waals surface area contributed by atoms with Gasteiger partial charge in [0.05, 0.1) is 10.2 Å². The second-order valence-electron chi connectivity index (χ2n) is 1.63. The van der Waals surface area contributed by atoms with E-state index in [1.165, 1.54) is 5.32 Å². The maximum atomic E-state index is 3.74. The lowest BCUT2D eigenvalue weighted by Gasteiger charge is -2.08. The van der Waals surface area contributed by atoms with E-state index in [1.54, 1.807) is 0 Å². The van der Waals surface area contributed by atoms with Crippen LogP contribution in [-0.2, 0) is 0 Å². The molecular weight excluding hydrogens is 90.1 g/mol. The van der Waals surface area contributed by atoms with E-state index >= 15 is 0 Å². The van der Waals surface area contributed by atoms with Crippen LogP contribution < -0.4 is 0 Å². The maximum absolute atomic E-state index is 3.74. The highest BCUT2D eigenvalue weighted by atomic mass is 28.1. The van der Waals surface area contributed by atoms with Crippen LogP contribution >= 0.6 is 0 Å². The SMILES string of the molecule is C=C([SiH3])N(C)C. The van der Waals surface area contributed by atoms with Gasteiger partial charge in [0.25, 0.3) is 0 Å². The summed E-state index contributed by atoms with van der Waals surface area (Å²) in [6, 6.07) is 0. The summed E-state index contributed by atoms with van der Waals surface area (Å²) in [5.41, 5.74) is 0. The highest BCUT2D eigenvalue weighted by Crippen LogP contribution is 1.81. The van der Waals surface area contributed by atoms with Gasteiger partial charge in [-0.3, -0.25) is 0 Å². The lowest BCUT2D eigenvalue weighted by molar-refractivity contribution is 0.549. The lowest BCUT2D eigenvalue weighted by Crippen LogP contribution is -2.08. The van der Waals surface area contributed by atoms with Gasteiger partial charge < -0.3 is 4.90 Å². The van der Waals surface area contributed by atoms with Crippen molar-refractivity contribution in [3.05, 3.63) is 11.9 Å². The van der Waals surface area contributed by atoms with Crippen molar-refractivity contribution < 1.29 is 0 Å². The van der Waals surface area contributed by atoms with Crippen LogP contribution in [0.4, 0.5) is 0 Å². The summed E-state index contributed by atoms with van der Waals surface area (Å²) in [6.45, 7) is 3.74. The minimum atomic E-state index is 1.08. The molecule has 0 saturated carbocycles. The van der Waals surface area contributed by atoms with Gasteiger partial charge in [-0.15, -0.1) is 0 Å². The van der Waals surface area contributed by atoms with Gasteiger partial charge in [-0.05, 0) is 5.32 Å². The van der Waals surface area contributed by atoms with Gasteiger partial charge in [-0.25, -0.2) is 0 Å². The monoisotopic (exact) mass is 101 g/mol. The Hall–Kier alpha value is -0.243.